The molecule has 0 bridgehead atoms. The Labute approximate surface area is 113 Å². The van der Waals surface area contributed by atoms with Gasteiger partial charge in [-0.3, -0.25) is 9.55 Å². The molecule has 18 heavy (non-hydrogen) atoms. The van der Waals surface area contributed by atoms with Crippen molar-refractivity contribution in [2.45, 2.75) is 19.4 Å². The Kier molecular flexibility index (Phi) is 3.82. The summed E-state index contributed by atoms with van der Waals surface area (Å²) in [5, 5.41) is 0. The summed E-state index contributed by atoms with van der Waals surface area (Å²) >= 11 is 3.28. The monoisotopic (exact) mass is 313 g/mol. The first-order valence-corrected chi connectivity index (χ1v) is 6.59. The van der Waals surface area contributed by atoms with Crippen LogP contribution in [0.15, 0.2) is 15.6 Å². The number of aromatic amines is 1. The molecule has 2 heterocycles. The molecule has 0 aromatic carbocycles. The molecule has 1 atom stereocenters. The third-order valence-corrected chi connectivity index (χ3v) is 3.19. The second kappa shape index (κ2) is 5.19. The van der Waals surface area contributed by atoms with E-state index in [2.05, 4.69) is 42.7 Å². The van der Waals surface area contributed by atoms with Gasteiger partial charge in [-0.05, 0) is 36.4 Å². The molecule has 0 radical (unpaired) electrons. The van der Waals surface area contributed by atoms with E-state index in [9.17, 15) is 4.79 Å². The number of halogens is 1. The molecule has 1 unspecified atom stereocenters. The van der Waals surface area contributed by atoms with Gasteiger partial charge in [0, 0.05) is 6.54 Å². The number of hydrogen-bond acceptors (Lipinski definition) is 4. The Morgan fingerprint density at radius 1 is 1.56 bits per heavy atom. The fourth-order valence-corrected chi connectivity index (χ4v) is 2.30. The molecule has 7 heteroatoms. The maximum absolute atomic E-state index is 12.0. The molecule has 0 amide bonds. The van der Waals surface area contributed by atoms with Crippen LogP contribution in [0, 0.1) is 0 Å². The van der Waals surface area contributed by atoms with Gasteiger partial charge in [0.15, 0.2) is 11.3 Å². The number of fused-ring (bicyclic) bond motifs is 1. The van der Waals surface area contributed by atoms with Crippen molar-refractivity contribution in [1.82, 2.24) is 24.4 Å². The Morgan fingerprint density at radius 3 is 2.89 bits per heavy atom. The van der Waals surface area contributed by atoms with Gasteiger partial charge in [-0.2, -0.15) is 0 Å². The van der Waals surface area contributed by atoms with E-state index >= 15 is 0 Å². The summed E-state index contributed by atoms with van der Waals surface area (Å²) in [5.74, 6) is 0. The lowest BCUT2D eigenvalue weighted by Gasteiger charge is -2.20. The van der Waals surface area contributed by atoms with E-state index in [-0.39, 0.29) is 11.7 Å². The molecule has 6 nitrogen and oxygen atoms in total. The number of rotatable bonds is 4. The van der Waals surface area contributed by atoms with Crippen LogP contribution in [0.2, 0.25) is 0 Å². The first-order valence-electron chi connectivity index (χ1n) is 5.80. The van der Waals surface area contributed by atoms with Crippen LogP contribution < -0.4 is 5.69 Å². The highest BCUT2D eigenvalue weighted by Gasteiger charge is 2.18. The molecule has 0 aliphatic heterocycles. The smallest absolute Gasteiger partial charge is 0.307 e. The Morgan fingerprint density at radius 2 is 2.28 bits per heavy atom. The Hall–Kier alpha value is -1.21. The second-order valence-corrected chi connectivity index (χ2v) is 5.30. The highest BCUT2D eigenvalue weighted by atomic mass is 79.9. The summed E-state index contributed by atoms with van der Waals surface area (Å²) in [4.78, 5) is 25.3. The third-order valence-electron chi connectivity index (χ3n) is 2.81. The first-order chi connectivity index (χ1) is 8.52. The zero-order valence-electron chi connectivity index (χ0n) is 10.6. The number of H-pyrrole nitrogens is 1. The number of imidazole rings is 1. The molecule has 2 aromatic rings. The minimum absolute atomic E-state index is 0.0878. The molecule has 0 saturated heterocycles. The molecule has 0 fully saturated rings. The first kappa shape index (κ1) is 13.2. The van der Waals surface area contributed by atoms with Crippen molar-refractivity contribution in [2.24, 2.45) is 0 Å². The molecular weight excluding hydrogens is 298 g/mol. The SMILES string of the molecule is CCC(CN(C)C)n1c(=O)[nH]c2ncc(Br)nc21. The number of likely N-dealkylation sites (N-methyl/N-ethyl adjacent to an activating group) is 1. The molecule has 2 rings (SSSR count). The van der Waals surface area contributed by atoms with Crippen molar-refractivity contribution in [3.63, 3.8) is 0 Å². The van der Waals surface area contributed by atoms with Gasteiger partial charge in [-0.15, -0.1) is 0 Å². The van der Waals surface area contributed by atoms with Gasteiger partial charge in [-0.25, -0.2) is 14.8 Å². The largest absolute Gasteiger partial charge is 0.329 e. The molecule has 0 saturated carbocycles. The second-order valence-electron chi connectivity index (χ2n) is 4.49. The van der Waals surface area contributed by atoms with Crippen LogP contribution in [0.4, 0.5) is 0 Å². The van der Waals surface area contributed by atoms with Gasteiger partial charge in [0.05, 0.1) is 12.2 Å². The summed E-state index contributed by atoms with van der Waals surface area (Å²) < 4.78 is 2.31. The molecule has 98 valence electrons. The highest BCUT2D eigenvalue weighted by Crippen LogP contribution is 2.17. The van der Waals surface area contributed by atoms with Crippen molar-refractivity contribution < 1.29 is 0 Å². The molecule has 0 spiro atoms. The van der Waals surface area contributed by atoms with Crippen molar-refractivity contribution in [1.29, 1.82) is 0 Å². The highest BCUT2D eigenvalue weighted by molar-refractivity contribution is 9.10. The van der Waals surface area contributed by atoms with Crippen molar-refractivity contribution >= 4 is 27.2 Å². The maximum Gasteiger partial charge on any atom is 0.329 e. The predicted octanol–water partition coefficient (Wildman–Crippen LogP) is 1.39. The summed E-state index contributed by atoms with van der Waals surface area (Å²) in [6, 6.07) is 0.0878. The van der Waals surface area contributed by atoms with E-state index < -0.39 is 0 Å². The zero-order chi connectivity index (χ0) is 13.3. The lowest BCUT2D eigenvalue weighted by atomic mass is 10.2. The van der Waals surface area contributed by atoms with Gasteiger partial charge in [0.1, 0.15) is 4.60 Å². The quantitative estimate of drug-likeness (QED) is 0.926. The van der Waals surface area contributed by atoms with Crippen molar-refractivity contribution in [3.05, 3.63) is 21.3 Å². The fourth-order valence-electron chi connectivity index (χ4n) is 2.03. The van der Waals surface area contributed by atoms with Crippen molar-refractivity contribution in [2.75, 3.05) is 20.6 Å². The standard InChI is InChI=1S/C11H16BrN5O/c1-4-7(6-16(2)3)17-10-9(15-11(17)18)13-5-8(12)14-10/h5,7H,4,6H2,1-3H3,(H,13,15,18). The average molecular weight is 314 g/mol. The van der Waals surface area contributed by atoms with E-state index in [0.29, 0.717) is 15.9 Å². The van der Waals surface area contributed by atoms with Crippen LogP contribution in [0.25, 0.3) is 11.3 Å². The fraction of sp³-hybridized carbons (Fsp3) is 0.545. The van der Waals surface area contributed by atoms with Crippen LogP contribution in [0.1, 0.15) is 19.4 Å². The zero-order valence-corrected chi connectivity index (χ0v) is 12.2. The Bertz CT molecular complexity index is 603. The number of hydrogen-bond donors (Lipinski definition) is 1. The van der Waals surface area contributed by atoms with Gasteiger partial charge in [-0.1, -0.05) is 6.92 Å². The Balaban J connectivity index is 2.57. The van der Waals surface area contributed by atoms with Crippen LogP contribution in [0.5, 0.6) is 0 Å². The minimum Gasteiger partial charge on any atom is -0.307 e. The molecule has 0 aliphatic carbocycles. The minimum atomic E-state index is -0.156. The molecule has 1 N–H and O–H groups in total. The number of nitrogens with one attached hydrogen (secondary N) is 1. The third kappa shape index (κ3) is 2.46. The molecular formula is C11H16BrN5O. The summed E-state index contributed by atoms with van der Waals surface area (Å²) in [7, 11) is 3.98. The topological polar surface area (TPSA) is 66.8 Å². The van der Waals surface area contributed by atoms with E-state index in [4.69, 9.17) is 0 Å². The average Bonchev–Trinajstić information content (AvgIpc) is 2.61. The van der Waals surface area contributed by atoms with Crippen LogP contribution in [-0.2, 0) is 0 Å². The lowest BCUT2D eigenvalue weighted by Crippen LogP contribution is -2.30. The van der Waals surface area contributed by atoms with Crippen LogP contribution in [-0.4, -0.2) is 45.1 Å². The maximum atomic E-state index is 12.0. The van der Waals surface area contributed by atoms with Gasteiger partial charge in [0.25, 0.3) is 0 Å². The summed E-state index contributed by atoms with van der Waals surface area (Å²) in [5.41, 5.74) is 0.972. The van der Waals surface area contributed by atoms with E-state index in [0.717, 1.165) is 13.0 Å². The van der Waals surface area contributed by atoms with Gasteiger partial charge >= 0.3 is 5.69 Å². The number of nitrogens with zero attached hydrogens (tertiary/aromatic N) is 4. The van der Waals surface area contributed by atoms with Crippen molar-refractivity contribution in [3.8, 4) is 0 Å². The normalized spacial score (nSPS) is 13.4. The van der Waals surface area contributed by atoms with E-state index in [1.165, 1.54) is 0 Å². The van der Waals surface area contributed by atoms with E-state index in [1.54, 1.807) is 10.8 Å². The number of aromatic nitrogens is 4. The molecule has 2 aromatic heterocycles. The summed E-state index contributed by atoms with van der Waals surface area (Å²) in [6.45, 7) is 2.85. The van der Waals surface area contributed by atoms with Gasteiger partial charge in [0.2, 0.25) is 0 Å². The van der Waals surface area contributed by atoms with Crippen LogP contribution >= 0.6 is 15.9 Å². The lowest BCUT2D eigenvalue weighted by molar-refractivity contribution is 0.316. The summed E-state index contributed by atoms with van der Waals surface area (Å²) in [6.07, 6.45) is 2.44. The predicted molar refractivity (Wildman–Crippen MR) is 73.7 cm³/mol. The van der Waals surface area contributed by atoms with Gasteiger partial charge < -0.3 is 4.90 Å². The van der Waals surface area contributed by atoms with Crippen LogP contribution in [0.3, 0.4) is 0 Å². The molecule has 0 aliphatic rings. The van der Waals surface area contributed by atoms with E-state index in [1.807, 2.05) is 14.1 Å².